The van der Waals surface area contributed by atoms with Crippen molar-refractivity contribution in [1.82, 2.24) is 0 Å². The zero-order valence-corrected chi connectivity index (χ0v) is 14.4. The summed E-state index contributed by atoms with van der Waals surface area (Å²) >= 11 is 0. The summed E-state index contributed by atoms with van der Waals surface area (Å²) in [5, 5.41) is 0. The van der Waals surface area contributed by atoms with Crippen LogP contribution in [0.4, 0.5) is 0 Å². The monoisotopic (exact) mass is 318 g/mol. The Labute approximate surface area is 135 Å². The van der Waals surface area contributed by atoms with Gasteiger partial charge in [0.05, 0.1) is 33.0 Å². The highest BCUT2D eigenvalue weighted by Gasteiger charge is 2.00. The van der Waals surface area contributed by atoms with Gasteiger partial charge in [-0.25, -0.2) is 0 Å². The number of unbranched alkanes of at least 4 members (excludes halogenated alkanes) is 4. The van der Waals surface area contributed by atoms with Crippen LogP contribution in [0.3, 0.4) is 0 Å². The Balaban J connectivity index is 3.04. The molecule has 0 fully saturated rings. The fraction of sp³-hybridized carbons (Fsp3) is 0.941. The van der Waals surface area contributed by atoms with E-state index in [4.69, 9.17) is 18.9 Å². The van der Waals surface area contributed by atoms with Crippen LogP contribution in [0.15, 0.2) is 0 Å². The first-order chi connectivity index (χ1) is 10.8. The maximum Gasteiger partial charge on any atom is 0.305 e. The summed E-state index contributed by atoms with van der Waals surface area (Å²) in [6, 6.07) is 0. The van der Waals surface area contributed by atoms with Gasteiger partial charge in [0.15, 0.2) is 0 Å². The summed E-state index contributed by atoms with van der Waals surface area (Å²) in [7, 11) is 0. The van der Waals surface area contributed by atoms with Crippen molar-refractivity contribution in [3.8, 4) is 0 Å². The molecule has 0 atom stereocenters. The molecule has 0 amide bonds. The molecule has 5 heteroatoms. The topological polar surface area (TPSA) is 54.0 Å². The summed E-state index contributed by atoms with van der Waals surface area (Å²) in [6.45, 7) is 8.12. The molecule has 0 rings (SSSR count). The molecule has 0 heterocycles. The summed E-state index contributed by atoms with van der Waals surface area (Å²) in [6.07, 6.45) is 7.30. The average molecular weight is 318 g/mol. The lowest BCUT2D eigenvalue weighted by Gasteiger charge is -2.07. The summed E-state index contributed by atoms with van der Waals surface area (Å²) in [4.78, 5) is 11.2. The van der Waals surface area contributed by atoms with E-state index in [1.54, 1.807) is 0 Å². The Morgan fingerprint density at radius 2 is 1.18 bits per heavy atom. The lowest BCUT2D eigenvalue weighted by atomic mass is 10.2. The SMILES string of the molecule is CCCCCCOCCOCCOCCOC(=O)CCCC. The lowest BCUT2D eigenvalue weighted by molar-refractivity contribution is -0.145. The second-order valence-electron chi connectivity index (χ2n) is 5.22. The van der Waals surface area contributed by atoms with Crippen LogP contribution < -0.4 is 0 Å². The highest BCUT2D eigenvalue weighted by Crippen LogP contribution is 1.98. The van der Waals surface area contributed by atoms with Crippen LogP contribution in [0.25, 0.3) is 0 Å². The van der Waals surface area contributed by atoms with Crippen LogP contribution in [-0.2, 0) is 23.7 Å². The summed E-state index contributed by atoms with van der Waals surface area (Å²) in [5.74, 6) is -0.141. The number of esters is 1. The van der Waals surface area contributed by atoms with Gasteiger partial charge in [-0.1, -0.05) is 39.5 Å². The van der Waals surface area contributed by atoms with Gasteiger partial charge >= 0.3 is 5.97 Å². The van der Waals surface area contributed by atoms with E-state index in [0.717, 1.165) is 25.9 Å². The Bertz CT molecular complexity index is 233. The van der Waals surface area contributed by atoms with E-state index >= 15 is 0 Å². The molecule has 0 unspecified atom stereocenters. The zero-order chi connectivity index (χ0) is 16.3. The first-order valence-electron chi connectivity index (χ1n) is 8.70. The van der Waals surface area contributed by atoms with E-state index in [2.05, 4.69) is 6.92 Å². The highest BCUT2D eigenvalue weighted by atomic mass is 16.6. The Morgan fingerprint density at radius 3 is 1.77 bits per heavy atom. The number of carbonyl (C=O) groups excluding carboxylic acids is 1. The summed E-state index contributed by atoms with van der Waals surface area (Å²) in [5.41, 5.74) is 0. The molecular weight excluding hydrogens is 284 g/mol. The second-order valence-corrected chi connectivity index (χ2v) is 5.22. The minimum absolute atomic E-state index is 0.141. The summed E-state index contributed by atoms with van der Waals surface area (Å²) < 4.78 is 21.2. The number of hydrogen-bond acceptors (Lipinski definition) is 5. The van der Waals surface area contributed by atoms with Gasteiger partial charge in [-0.05, 0) is 12.8 Å². The van der Waals surface area contributed by atoms with Crippen molar-refractivity contribution >= 4 is 5.97 Å². The van der Waals surface area contributed by atoms with Gasteiger partial charge in [-0.15, -0.1) is 0 Å². The maximum atomic E-state index is 11.2. The Morgan fingerprint density at radius 1 is 0.636 bits per heavy atom. The van der Waals surface area contributed by atoms with Crippen molar-refractivity contribution in [2.75, 3.05) is 46.2 Å². The van der Waals surface area contributed by atoms with Crippen LogP contribution in [-0.4, -0.2) is 52.2 Å². The molecule has 0 radical (unpaired) electrons. The molecule has 0 aliphatic heterocycles. The Kier molecular flexibility index (Phi) is 17.9. The third-order valence-corrected chi connectivity index (χ3v) is 3.11. The fourth-order valence-electron chi connectivity index (χ4n) is 1.78. The molecule has 22 heavy (non-hydrogen) atoms. The average Bonchev–Trinajstić information content (AvgIpc) is 2.53. The van der Waals surface area contributed by atoms with E-state index in [1.807, 2.05) is 6.92 Å². The van der Waals surface area contributed by atoms with Crippen molar-refractivity contribution in [2.45, 2.75) is 58.8 Å². The van der Waals surface area contributed by atoms with E-state index in [-0.39, 0.29) is 5.97 Å². The van der Waals surface area contributed by atoms with Crippen molar-refractivity contribution < 1.29 is 23.7 Å². The van der Waals surface area contributed by atoms with Gasteiger partial charge in [0.25, 0.3) is 0 Å². The van der Waals surface area contributed by atoms with Gasteiger partial charge in [0.1, 0.15) is 6.61 Å². The first kappa shape index (κ1) is 21.4. The van der Waals surface area contributed by atoms with E-state index in [9.17, 15) is 4.79 Å². The molecule has 132 valence electrons. The van der Waals surface area contributed by atoms with Crippen LogP contribution in [0.1, 0.15) is 58.8 Å². The smallest absolute Gasteiger partial charge is 0.305 e. The molecule has 0 aromatic rings. The molecule has 0 bridgehead atoms. The zero-order valence-electron chi connectivity index (χ0n) is 14.4. The van der Waals surface area contributed by atoms with Gasteiger partial charge in [0.2, 0.25) is 0 Å². The van der Waals surface area contributed by atoms with Crippen LogP contribution in [0, 0.1) is 0 Å². The standard InChI is InChI=1S/C17H34O5/c1-3-5-7-8-10-19-11-12-20-13-14-21-15-16-22-17(18)9-6-4-2/h3-16H2,1-2H3. The number of hydrogen-bond donors (Lipinski definition) is 0. The molecular formula is C17H34O5. The highest BCUT2D eigenvalue weighted by molar-refractivity contribution is 5.69. The van der Waals surface area contributed by atoms with Crippen LogP contribution in [0.5, 0.6) is 0 Å². The third kappa shape index (κ3) is 17.4. The lowest BCUT2D eigenvalue weighted by Crippen LogP contribution is -2.14. The maximum absolute atomic E-state index is 11.2. The van der Waals surface area contributed by atoms with Gasteiger partial charge < -0.3 is 18.9 Å². The van der Waals surface area contributed by atoms with Gasteiger partial charge in [0, 0.05) is 13.0 Å². The molecule has 0 saturated carbocycles. The van der Waals surface area contributed by atoms with E-state index in [0.29, 0.717) is 46.1 Å². The molecule has 0 N–H and O–H groups in total. The molecule has 0 saturated heterocycles. The molecule has 0 aromatic carbocycles. The normalized spacial score (nSPS) is 10.8. The van der Waals surface area contributed by atoms with Crippen molar-refractivity contribution in [3.63, 3.8) is 0 Å². The fourth-order valence-corrected chi connectivity index (χ4v) is 1.78. The molecule has 0 aliphatic rings. The first-order valence-corrected chi connectivity index (χ1v) is 8.70. The number of rotatable bonds is 17. The molecule has 5 nitrogen and oxygen atoms in total. The van der Waals surface area contributed by atoms with Gasteiger partial charge in [-0.3, -0.25) is 4.79 Å². The Hall–Kier alpha value is -0.650. The predicted octanol–water partition coefficient (Wildman–Crippen LogP) is 3.35. The predicted molar refractivity (Wildman–Crippen MR) is 87.1 cm³/mol. The largest absolute Gasteiger partial charge is 0.463 e. The van der Waals surface area contributed by atoms with E-state index in [1.165, 1.54) is 19.3 Å². The van der Waals surface area contributed by atoms with Gasteiger partial charge in [-0.2, -0.15) is 0 Å². The number of carbonyl (C=O) groups is 1. The van der Waals surface area contributed by atoms with E-state index < -0.39 is 0 Å². The quantitative estimate of drug-likeness (QED) is 0.304. The minimum Gasteiger partial charge on any atom is -0.463 e. The van der Waals surface area contributed by atoms with Crippen molar-refractivity contribution in [1.29, 1.82) is 0 Å². The third-order valence-electron chi connectivity index (χ3n) is 3.11. The number of ether oxygens (including phenoxy) is 4. The minimum atomic E-state index is -0.141. The second kappa shape index (κ2) is 18.4. The van der Waals surface area contributed by atoms with Crippen molar-refractivity contribution in [2.24, 2.45) is 0 Å². The molecule has 0 aromatic heterocycles. The molecule has 0 spiro atoms. The van der Waals surface area contributed by atoms with Crippen molar-refractivity contribution in [3.05, 3.63) is 0 Å². The van der Waals surface area contributed by atoms with Crippen LogP contribution >= 0.6 is 0 Å². The van der Waals surface area contributed by atoms with Crippen LogP contribution in [0.2, 0.25) is 0 Å². The molecule has 0 aliphatic carbocycles.